The van der Waals surface area contributed by atoms with Crippen LogP contribution in [0.1, 0.15) is 34.3 Å². The van der Waals surface area contributed by atoms with E-state index in [4.69, 9.17) is 5.73 Å². The van der Waals surface area contributed by atoms with Gasteiger partial charge in [0.2, 0.25) is 0 Å². The molecule has 0 unspecified atom stereocenters. The van der Waals surface area contributed by atoms with Crippen LogP contribution in [0.25, 0.3) is 0 Å². The predicted molar refractivity (Wildman–Crippen MR) is 91.8 cm³/mol. The molecule has 2 aromatic carbocycles. The average molecular weight is 379 g/mol. The maximum absolute atomic E-state index is 12.8. The van der Waals surface area contributed by atoms with Crippen molar-refractivity contribution in [2.75, 3.05) is 5.73 Å². The van der Waals surface area contributed by atoms with E-state index >= 15 is 0 Å². The molecule has 0 bridgehead atoms. The topological polar surface area (TPSA) is 89.5 Å². The molecule has 3 rings (SSSR count). The lowest BCUT2D eigenvalue weighted by atomic mass is 10.1. The Morgan fingerprint density at radius 2 is 1.81 bits per heavy atom. The van der Waals surface area contributed by atoms with Crippen LogP contribution in [0, 0.1) is 10.1 Å². The van der Waals surface area contributed by atoms with Crippen LogP contribution < -0.4 is 5.73 Å². The summed E-state index contributed by atoms with van der Waals surface area (Å²) in [6, 6.07) is 8.41. The van der Waals surface area contributed by atoms with Crippen LogP contribution in [0.5, 0.6) is 0 Å². The molecule has 0 aliphatic heterocycles. The zero-order valence-corrected chi connectivity index (χ0v) is 14.1. The van der Waals surface area contributed by atoms with Crippen LogP contribution in [-0.4, -0.2) is 21.8 Å². The molecule has 0 heterocycles. The fourth-order valence-electron chi connectivity index (χ4n) is 2.75. The van der Waals surface area contributed by atoms with Gasteiger partial charge in [-0.1, -0.05) is 12.1 Å². The second-order valence-electron chi connectivity index (χ2n) is 6.39. The molecule has 1 amide bonds. The number of carbonyl (C=O) groups is 1. The van der Waals surface area contributed by atoms with Gasteiger partial charge >= 0.3 is 6.18 Å². The third-order valence-corrected chi connectivity index (χ3v) is 4.36. The number of nitrogens with two attached hydrogens (primary N) is 1. The molecule has 1 aliphatic carbocycles. The number of halogens is 3. The Kier molecular flexibility index (Phi) is 4.77. The average Bonchev–Trinajstić information content (AvgIpc) is 3.44. The summed E-state index contributed by atoms with van der Waals surface area (Å²) in [6.45, 7) is 0.125. The zero-order valence-electron chi connectivity index (χ0n) is 14.1. The van der Waals surface area contributed by atoms with Gasteiger partial charge in [0.15, 0.2) is 0 Å². The number of alkyl halides is 3. The van der Waals surface area contributed by atoms with Crippen LogP contribution in [0.3, 0.4) is 0 Å². The number of rotatable bonds is 5. The fraction of sp³-hybridized carbons (Fsp3) is 0.278. The lowest BCUT2D eigenvalue weighted by Crippen LogP contribution is -2.32. The Labute approximate surface area is 152 Å². The minimum atomic E-state index is -4.42. The van der Waals surface area contributed by atoms with E-state index in [2.05, 4.69) is 0 Å². The van der Waals surface area contributed by atoms with Crippen molar-refractivity contribution in [1.82, 2.24) is 4.90 Å². The molecule has 0 spiro atoms. The molecule has 6 nitrogen and oxygen atoms in total. The van der Waals surface area contributed by atoms with E-state index < -0.39 is 22.6 Å². The largest absolute Gasteiger partial charge is 0.416 e. The molecular weight excluding hydrogens is 363 g/mol. The van der Waals surface area contributed by atoms with Gasteiger partial charge in [-0.25, -0.2) is 0 Å². The van der Waals surface area contributed by atoms with Crippen molar-refractivity contribution in [2.24, 2.45) is 0 Å². The summed E-state index contributed by atoms with van der Waals surface area (Å²) in [4.78, 5) is 24.7. The van der Waals surface area contributed by atoms with Crippen molar-refractivity contribution < 1.29 is 22.9 Å². The van der Waals surface area contributed by atoms with Crippen molar-refractivity contribution in [3.05, 3.63) is 69.3 Å². The molecule has 1 aliphatic rings. The number of nitro benzene ring substituents is 1. The first-order chi connectivity index (χ1) is 12.7. The molecule has 0 radical (unpaired) electrons. The molecule has 2 N–H and O–H groups in total. The van der Waals surface area contributed by atoms with Gasteiger partial charge in [0.1, 0.15) is 5.69 Å². The maximum Gasteiger partial charge on any atom is 0.416 e. The second kappa shape index (κ2) is 6.90. The number of amides is 1. The van der Waals surface area contributed by atoms with Crippen molar-refractivity contribution in [3.8, 4) is 0 Å². The first-order valence-corrected chi connectivity index (χ1v) is 8.18. The first-order valence-electron chi connectivity index (χ1n) is 8.18. The van der Waals surface area contributed by atoms with Gasteiger partial charge in [-0.15, -0.1) is 0 Å². The highest BCUT2D eigenvalue weighted by molar-refractivity contribution is 5.96. The second-order valence-corrected chi connectivity index (χ2v) is 6.39. The first kappa shape index (κ1) is 18.7. The van der Waals surface area contributed by atoms with Gasteiger partial charge in [0, 0.05) is 24.2 Å². The van der Waals surface area contributed by atoms with Crippen molar-refractivity contribution >= 4 is 17.3 Å². The highest BCUT2D eigenvalue weighted by atomic mass is 19.4. The van der Waals surface area contributed by atoms with Gasteiger partial charge < -0.3 is 10.6 Å². The van der Waals surface area contributed by atoms with E-state index in [-0.39, 0.29) is 29.5 Å². The monoisotopic (exact) mass is 379 g/mol. The Bertz CT molecular complexity index is 878. The number of hydrogen-bond donors (Lipinski definition) is 1. The molecule has 1 fully saturated rings. The molecule has 142 valence electrons. The standard InChI is InChI=1S/C18H16F3N3O3/c19-18(20,21)13-4-1-11(2-5-13)10-23(14-6-7-14)17(25)12-3-8-15(22)16(9-12)24(26)27/h1-5,8-9,14H,6-7,10,22H2. The van der Waals surface area contributed by atoms with E-state index in [1.165, 1.54) is 29.2 Å². The Balaban J connectivity index is 1.83. The van der Waals surface area contributed by atoms with Gasteiger partial charge in [0.25, 0.3) is 11.6 Å². The van der Waals surface area contributed by atoms with Crippen LogP contribution >= 0.6 is 0 Å². The Hall–Kier alpha value is -3.10. The van der Waals surface area contributed by atoms with E-state index in [0.717, 1.165) is 31.0 Å². The summed E-state index contributed by atoms with van der Waals surface area (Å²) in [5, 5.41) is 11.0. The molecular formula is C18H16F3N3O3. The number of hydrogen-bond acceptors (Lipinski definition) is 4. The maximum atomic E-state index is 12.8. The van der Waals surface area contributed by atoms with Crippen LogP contribution in [-0.2, 0) is 12.7 Å². The number of benzene rings is 2. The number of nitrogen functional groups attached to an aromatic ring is 1. The van der Waals surface area contributed by atoms with Gasteiger partial charge in [-0.2, -0.15) is 13.2 Å². The van der Waals surface area contributed by atoms with Crippen LogP contribution in [0.15, 0.2) is 42.5 Å². The van der Waals surface area contributed by atoms with Crippen LogP contribution in [0.4, 0.5) is 24.5 Å². The molecule has 1 saturated carbocycles. The normalized spacial score (nSPS) is 14.0. The summed E-state index contributed by atoms with van der Waals surface area (Å²) in [6.07, 6.45) is -2.86. The highest BCUT2D eigenvalue weighted by Gasteiger charge is 2.34. The van der Waals surface area contributed by atoms with E-state index in [0.29, 0.717) is 5.56 Å². The lowest BCUT2D eigenvalue weighted by Gasteiger charge is -2.23. The van der Waals surface area contributed by atoms with Crippen molar-refractivity contribution in [2.45, 2.75) is 31.6 Å². The quantitative estimate of drug-likeness (QED) is 0.483. The predicted octanol–water partition coefficient (Wildman–Crippen LogP) is 4.00. The fourth-order valence-corrected chi connectivity index (χ4v) is 2.75. The van der Waals surface area contributed by atoms with E-state index in [1.807, 2.05) is 0 Å². The van der Waals surface area contributed by atoms with Gasteiger partial charge in [-0.3, -0.25) is 14.9 Å². The molecule has 2 aromatic rings. The molecule has 0 atom stereocenters. The van der Waals surface area contributed by atoms with Gasteiger partial charge in [-0.05, 0) is 42.7 Å². The summed E-state index contributed by atoms with van der Waals surface area (Å²) in [5.41, 5.74) is 5.06. The number of nitro groups is 1. The number of nitrogens with zero attached hydrogens (tertiary/aromatic N) is 2. The highest BCUT2D eigenvalue weighted by Crippen LogP contribution is 2.33. The smallest absolute Gasteiger partial charge is 0.393 e. The molecule has 27 heavy (non-hydrogen) atoms. The third kappa shape index (κ3) is 4.18. The number of anilines is 1. The van der Waals surface area contributed by atoms with Crippen molar-refractivity contribution in [1.29, 1.82) is 0 Å². The summed E-state index contributed by atoms with van der Waals surface area (Å²) < 4.78 is 38.0. The zero-order chi connectivity index (χ0) is 19.8. The van der Waals surface area contributed by atoms with Gasteiger partial charge in [0.05, 0.1) is 10.5 Å². The number of carbonyl (C=O) groups excluding carboxylic acids is 1. The van der Waals surface area contributed by atoms with Crippen LogP contribution in [0.2, 0.25) is 0 Å². The summed E-state index contributed by atoms with van der Waals surface area (Å²) in [7, 11) is 0. The Morgan fingerprint density at radius 1 is 1.19 bits per heavy atom. The molecule has 9 heteroatoms. The third-order valence-electron chi connectivity index (χ3n) is 4.36. The lowest BCUT2D eigenvalue weighted by molar-refractivity contribution is -0.383. The van der Waals surface area contributed by atoms with E-state index in [1.54, 1.807) is 0 Å². The summed E-state index contributed by atoms with van der Waals surface area (Å²) >= 11 is 0. The van der Waals surface area contributed by atoms with Crippen molar-refractivity contribution in [3.63, 3.8) is 0 Å². The minimum absolute atomic E-state index is 0.0311. The summed E-state index contributed by atoms with van der Waals surface area (Å²) in [5.74, 6) is -0.416. The molecule has 0 aromatic heterocycles. The SMILES string of the molecule is Nc1ccc(C(=O)N(Cc2ccc(C(F)(F)F)cc2)C2CC2)cc1[N+](=O)[O-]. The van der Waals surface area contributed by atoms with E-state index in [9.17, 15) is 28.1 Å². The molecule has 0 saturated heterocycles. The minimum Gasteiger partial charge on any atom is -0.393 e. The Morgan fingerprint density at radius 3 is 2.33 bits per heavy atom.